The summed E-state index contributed by atoms with van der Waals surface area (Å²) >= 11 is 0. The van der Waals surface area contributed by atoms with Gasteiger partial charge in [-0.1, -0.05) is 24.6 Å². The Morgan fingerprint density at radius 3 is 2.57 bits per heavy atom. The normalized spacial score (nSPS) is 29.8. The molecular weight excluding hydrogens is 294 g/mol. The van der Waals surface area contributed by atoms with Crippen molar-refractivity contribution in [1.29, 1.82) is 0 Å². The Hall–Kier alpha value is -1.95. The Bertz CT molecular complexity index is 591. The van der Waals surface area contributed by atoms with Crippen LogP contribution in [0.5, 0.6) is 0 Å². The third-order valence-corrected chi connectivity index (χ3v) is 5.43. The summed E-state index contributed by atoms with van der Waals surface area (Å²) in [5.74, 6) is 0.897. The first-order valence-electron chi connectivity index (χ1n) is 8.32. The number of nitrogens with zero attached hydrogens (tertiary/aromatic N) is 1. The van der Waals surface area contributed by atoms with Crippen molar-refractivity contribution in [3.8, 4) is 0 Å². The maximum atomic E-state index is 12.5. The van der Waals surface area contributed by atoms with Gasteiger partial charge in [0, 0.05) is 30.1 Å². The van der Waals surface area contributed by atoms with Crippen LogP contribution in [0, 0.1) is 27.9 Å². The van der Waals surface area contributed by atoms with Gasteiger partial charge in [0.1, 0.15) is 0 Å². The number of hydrogen-bond acceptors (Lipinski definition) is 4. The number of nitrogens with one attached hydrogen (secondary N) is 1. The minimum atomic E-state index is -0.411. The molecule has 3 N–H and O–H groups in total. The van der Waals surface area contributed by atoms with Gasteiger partial charge in [-0.3, -0.25) is 14.9 Å². The van der Waals surface area contributed by atoms with E-state index in [1.807, 2.05) is 0 Å². The van der Waals surface area contributed by atoms with Crippen LogP contribution in [0.1, 0.15) is 37.7 Å². The van der Waals surface area contributed by atoms with E-state index in [1.165, 1.54) is 12.5 Å². The molecule has 1 amide bonds. The summed E-state index contributed by atoms with van der Waals surface area (Å²) in [4.78, 5) is 23.1. The lowest BCUT2D eigenvalue weighted by Gasteiger charge is -2.43. The van der Waals surface area contributed by atoms with Crippen molar-refractivity contribution in [2.75, 3.05) is 0 Å². The SMILES string of the molecule is NC1C2CCCC1CC(C(=O)NCc1ccccc1[N+](=O)[O-])C2. The average molecular weight is 317 g/mol. The van der Waals surface area contributed by atoms with Crippen LogP contribution < -0.4 is 11.1 Å². The van der Waals surface area contributed by atoms with Crippen molar-refractivity contribution in [3.05, 3.63) is 39.9 Å². The highest BCUT2D eigenvalue weighted by atomic mass is 16.6. The number of rotatable bonds is 4. The average Bonchev–Trinajstić information content (AvgIpc) is 2.52. The van der Waals surface area contributed by atoms with Crippen LogP contribution >= 0.6 is 0 Å². The second kappa shape index (κ2) is 6.66. The molecule has 2 atom stereocenters. The Balaban J connectivity index is 1.61. The minimum absolute atomic E-state index is 0.00644. The summed E-state index contributed by atoms with van der Waals surface area (Å²) in [6, 6.07) is 6.77. The zero-order valence-electron chi connectivity index (χ0n) is 13.1. The van der Waals surface area contributed by atoms with E-state index < -0.39 is 4.92 Å². The zero-order chi connectivity index (χ0) is 16.4. The van der Waals surface area contributed by atoms with E-state index in [-0.39, 0.29) is 30.1 Å². The zero-order valence-corrected chi connectivity index (χ0v) is 13.1. The van der Waals surface area contributed by atoms with Crippen LogP contribution in [-0.2, 0) is 11.3 Å². The molecule has 2 saturated carbocycles. The number of para-hydroxylation sites is 1. The number of carbonyl (C=O) groups is 1. The summed E-state index contributed by atoms with van der Waals surface area (Å²) in [6.45, 7) is 0.202. The molecule has 6 heteroatoms. The summed E-state index contributed by atoms with van der Waals surface area (Å²) in [6.07, 6.45) is 5.14. The molecule has 124 valence electrons. The van der Waals surface area contributed by atoms with Crippen molar-refractivity contribution < 1.29 is 9.72 Å². The number of amides is 1. The van der Waals surface area contributed by atoms with Crippen LogP contribution in [0.3, 0.4) is 0 Å². The summed E-state index contributed by atoms with van der Waals surface area (Å²) in [5.41, 5.74) is 6.85. The first kappa shape index (κ1) is 15.9. The van der Waals surface area contributed by atoms with Crippen molar-refractivity contribution in [2.24, 2.45) is 23.5 Å². The number of carbonyl (C=O) groups excluding carboxylic acids is 1. The van der Waals surface area contributed by atoms with Crippen molar-refractivity contribution in [1.82, 2.24) is 5.32 Å². The lowest BCUT2D eigenvalue weighted by atomic mass is 9.65. The van der Waals surface area contributed by atoms with Crippen LogP contribution in [-0.4, -0.2) is 16.9 Å². The van der Waals surface area contributed by atoms with Crippen LogP contribution in [0.25, 0.3) is 0 Å². The van der Waals surface area contributed by atoms with Gasteiger partial charge in [0.2, 0.25) is 5.91 Å². The number of nitrogens with two attached hydrogens (primary N) is 1. The highest BCUT2D eigenvalue weighted by Gasteiger charge is 2.40. The topological polar surface area (TPSA) is 98.3 Å². The predicted octanol–water partition coefficient (Wildman–Crippen LogP) is 2.36. The summed E-state index contributed by atoms with van der Waals surface area (Å²) in [5, 5.41) is 13.9. The van der Waals surface area contributed by atoms with E-state index in [2.05, 4.69) is 5.32 Å². The van der Waals surface area contributed by atoms with E-state index >= 15 is 0 Å². The maximum absolute atomic E-state index is 12.5. The molecule has 0 aromatic heterocycles. The third kappa shape index (κ3) is 3.37. The Morgan fingerprint density at radius 1 is 1.26 bits per heavy atom. The molecule has 1 aromatic carbocycles. The molecule has 1 aromatic rings. The smallest absolute Gasteiger partial charge is 0.274 e. The van der Waals surface area contributed by atoms with Gasteiger partial charge in [-0.05, 0) is 37.5 Å². The van der Waals surface area contributed by atoms with Gasteiger partial charge in [0.15, 0.2) is 0 Å². The Morgan fingerprint density at radius 2 is 1.91 bits per heavy atom. The van der Waals surface area contributed by atoms with Gasteiger partial charge >= 0.3 is 0 Å². The lowest BCUT2D eigenvalue weighted by Crippen LogP contribution is -2.49. The molecule has 3 rings (SSSR count). The van der Waals surface area contributed by atoms with E-state index in [0.717, 1.165) is 25.7 Å². The van der Waals surface area contributed by atoms with Gasteiger partial charge in [-0.2, -0.15) is 0 Å². The molecule has 2 fully saturated rings. The van der Waals surface area contributed by atoms with Gasteiger partial charge in [-0.15, -0.1) is 0 Å². The van der Waals surface area contributed by atoms with Crippen LogP contribution in [0.4, 0.5) is 5.69 Å². The molecule has 2 aliphatic carbocycles. The molecule has 0 heterocycles. The maximum Gasteiger partial charge on any atom is 0.274 e. The molecule has 23 heavy (non-hydrogen) atoms. The van der Waals surface area contributed by atoms with Crippen molar-refractivity contribution in [2.45, 2.75) is 44.7 Å². The Kier molecular flexibility index (Phi) is 4.61. The molecule has 0 radical (unpaired) electrons. The molecule has 2 unspecified atom stereocenters. The Labute approximate surface area is 135 Å². The number of nitro groups is 1. The monoisotopic (exact) mass is 317 g/mol. The number of fused-ring (bicyclic) bond motifs is 2. The second-order valence-corrected chi connectivity index (χ2v) is 6.80. The molecule has 6 nitrogen and oxygen atoms in total. The lowest BCUT2D eigenvalue weighted by molar-refractivity contribution is -0.385. The summed E-state index contributed by atoms with van der Waals surface area (Å²) < 4.78 is 0. The van der Waals surface area contributed by atoms with E-state index in [0.29, 0.717) is 17.4 Å². The van der Waals surface area contributed by atoms with Gasteiger partial charge in [-0.25, -0.2) is 0 Å². The fourth-order valence-corrected chi connectivity index (χ4v) is 4.17. The second-order valence-electron chi connectivity index (χ2n) is 6.80. The van der Waals surface area contributed by atoms with E-state index in [4.69, 9.17) is 5.73 Å². The largest absolute Gasteiger partial charge is 0.352 e. The quantitative estimate of drug-likeness (QED) is 0.658. The highest BCUT2D eigenvalue weighted by molar-refractivity contribution is 5.79. The fraction of sp³-hybridized carbons (Fsp3) is 0.588. The highest BCUT2D eigenvalue weighted by Crippen LogP contribution is 2.41. The molecule has 0 spiro atoms. The number of nitro benzene ring substituents is 1. The first-order chi connectivity index (χ1) is 11.1. The standard InChI is InChI=1S/C17H23N3O3/c18-16-11-5-3-6-12(16)9-14(8-11)17(21)19-10-13-4-1-2-7-15(13)20(22)23/h1-2,4,7,11-12,14,16H,3,5-6,8-10,18H2,(H,19,21). The third-order valence-electron chi connectivity index (χ3n) is 5.43. The number of benzene rings is 1. The first-order valence-corrected chi connectivity index (χ1v) is 8.32. The molecule has 0 saturated heterocycles. The molecule has 2 aliphatic rings. The van der Waals surface area contributed by atoms with Crippen molar-refractivity contribution in [3.63, 3.8) is 0 Å². The summed E-state index contributed by atoms with van der Waals surface area (Å²) in [7, 11) is 0. The predicted molar refractivity (Wildman–Crippen MR) is 86.5 cm³/mol. The fourth-order valence-electron chi connectivity index (χ4n) is 4.17. The van der Waals surface area contributed by atoms with Gasteiger partial charge < -0.3 is 11.1 Å². The van der Waals surface area contributed by atoms with Gasteiger partial charge in [0.05, 0.1) is 4.92 Å². The van der Waals surface area contributed by atoms with Crippen molar-refractivity contribution >= 4 is 11.6 Å². The molecule has 0 aliphatic heterocycles. The molecule has 2 bridgehead atoms. The minimum Gasteiger partial charge on any atom is -0.352 e. The van der Waals surface area contributed by atoms with Gasteiger partial charge in [0.25, 0.3) is 5.69 Å². The number of hydrogen-bond donors (Lipinski definition) is 2. The van der Waals surface area contributed by atoms with E-state index in [1.54, 1.807) is 18.2 Å². The van der Waals surface area contributed by atoms with Crippen LogP contribution in [0.15, 0.2) is 24.3 Å². The van der Waals surface area contributed by atoms with Crippen LogP contribution in [0.2, 0.25) is 0 Å². The molecular formula is C17H23N3O3. The van der Waals surface area contributed by atoms with E-state index in [9.17, 15) is 14.9 Å².